The number of amides is 2. The molecule has 0 aliphatic rings. The van der Waals surface area contributed by atoms with Crippen LogP contribution in [-0.2, 0) is 22.4 Å². The summed E-state index contributed by atoms with van der Waals surface area (Å²) in [5, 5.41) is 0.750. The van der Waals surface area contributed by atoms with Crippen molar-refractivity contribution >= 4 is 22.7 Å². The number of H-pyrrole nitrogens is 1. The first-order chi connectivity index (χ1) is 15.1. The van der Waals surface area contributed by atoms with E-state index in [1.807, 2.05) is 60.7 Å². The molecule has 4 aromatic rings. The summed E-state index contributed by atoms with van der Waals surface area (Å²) >= 11 is 0. The number of hydrogen-bond acceptors (Lipinski definition) is 2. The summed E-state index contributed by atoms with van der Waals surface area (Å²) < 4.78 is 13.9. The molecule has 0 saturated heterocycles. The number of benzene rings is 3. The number of rotatable bonds is 6. The molecule has 4 rings (SSSR count). The van der Waals surface area contributed by atoms with Gasteiger partial charge in [-0.2, -0.15) is 0 Å². The molecule has 0 aliphatic carbocycles. The lowest BCUT2D eigenvalue weighted by molar-refractivity contribution is -0.128. The van der Waals surface area contributed by atoms with E-state index in [0.717, 1.165) is 33.3 Å². The van der Waals surface area contributed by atoms with Crippen LogP contribution in [0.5, 0.6) is 0 Å². The quantitative estimate of drug-likeness (QED) is 0.411. The van der Waals surface area contributed by atoms with Crippen molar-refractivity contribution in [2.45, 2.75) is 19.3 Å². The number of carbonyl (C=O) groups is 2. The number of aromatic nitrogens is 1. The zero-order valence-electron chi connectivity index (χ0n) is 16.8. The largest absolute Gasteiger partial charge is 0.354 e. The maximum Gasteiger partial charge on any atom is 0.242 e. The van der Waals surface area contributed by atoms with Crippen molar-refractivity contribution in [1.29, 1.82) is 0 Å². The number of carbonyl (C=O) groups excluding carboxylic acids is 2. The summed E-state index contributed by atoms with van der Waals surface area (Å²) in [4.78, 5) is 27.7. The highest BCUT2D eigenvalue weighted by Crippen LogP contribution is 2.31. The van der Waals surface area contributed by atoms with Gasteiger partial charge in [0.2, 0.25) is 11.8 Å². The zero-order chi connectivity index (χ0) is 21.6. The molecule has 0 fully saturated rings. The zero-order valence-corrected chi connectivity index (χ0v) is 16.8. The summed E-state index contributed by atoms with van der Waals surface area (Å²) in [6.07, 6.45) is 0.726. The van der Waals surface area contributed by atoms with Crippen molar-refractivity contribution < 1.29 is 14.0 Å². The van der Waals surface area contributed by atoms with Crippen LogP contribution in [0, 0.1) is 5.82 Å². The van der Waals surface area contributed by atoms with Crippen molar-refractivity contribution in [1.82, 2.24) is 15.8 Å². The van der Waals surface area contributed by atoms with Gasteiger partial charge < -0.3 is 4.98 Å². The molecule has 0 bridgehead atoms. The summed E-state index contributed by atoms with van der Waals surface area (Å²) in [6.45, 7) is 0. The molecule has 0 aliphatic heterocycles. The Kier molecular flexibility index (Phi) is 6.08. The lowest BCUT2D eigenvalue weighted by atomic mass is 10.0. The van der Waals surface area contributed by atoms with E-state index < -0.39 is 0 Å². The SMILES string of the molecule is O=C(CCc1c(-c2ccccc2)[nH]c2ccc(F)cc12)NNC(=O)Cc1ccccc1. The smallest absolute Gasteiger partial charge is 0.242 e. The first-order valence-corrected chi connectivity index (χ1v) is 10.1. The minimum atomic E-state index is -0.329. The Hall–Kier alpha value is -3.93. The highest BCUT2D eigenvalue weighted by atomic mass is 19.1. The fraction of sp³-hybridized carbons (Fsp3) is 0.120. The predicted molar refractivity (Wildman–Crippen MR) is 118 cm³/mol. The van der Waals surface area contributed by atoms with Gasteiger partial charge in [-0.25, -0.2) is 4.39 Å². The van der Waals surface area contributed by atoms with Gasteiger partial charge in [0.05, 0.1) is 6.42 Å². The summed E-state index contributed by atoms with van der Waals surface area (Å²) in [5.74, 6) is -0.935. The first kappa shape index (κ1) is 20.3. The minimum Gasteiger partial charge on any atom is -0.354 e. The van der Waals surface area contributed by atoms with E-state index in [4.69, 9.17) is 0 Å². The average molecular weight is 415 g/mol. The summed E-state index contributed by atoms with van der Waals surface area (Å²) in [6, 6.07) is 23.6. The Morgan fingerprint density at radius 3 is 2.26 bits per heavy atom. The summed E-state index contributed by atoms with van der Waals surface area (Å²) in [5.41, 5.74) is 9.28. The van der Waals surface area contributed by atoms with Crippen molar-refractivity contribution in [3.63, 3.8) is 0 Å². The van der Waals surface area contributed by atoms with E-state index in [2.05, 4.69) is 15.8 Å². The number of aromatic amines is 1. The number of hydrazine groups is 1. The van der Waals surface area contributed by atoms with Crippen LogP contribution >= 0.6 is 0 Å². The molecule has 156 valence electrons. The summed E-state index contributed by atoms with van der Waals surface area (Å²) in [7, 11) is 0. The molecule has 1 aromatic heterocycles. The third-order valence-electron chi connectivity index (χ3n) is 5.08. The van der Waals surface area contributed by atoms with E-state index in [1.165, 1.54) is 12.1 Å². The van der Waals surface area contributed by atoms with Crippen LogP contribution in [0.1, 0.15) is 17.5 Å². The first-order valence-electron chi connectivity index (χ1n) is 10.1. The van der Waals surface area contributed by atoms with Gasteiger partial charge in [0, 0.05) is 23.0 Å². The fourth-order valence-corrected chi connectivity index (χ4v) is 3.60. The topological polar surface area (TPSA) is 74.0 Å². The Morgan fingerprint density at radius 1 is 0.839 bits per heavy atom. The van der Waals surface area contributed by atoms with Crippen LogP contribution in [0.15, 0.2) is 78.9 Å². The van der Waals surface area contributed by atoms with Gasteiger partial charge in [-0.15, -0.1) is 0 Å². The van der Waals surface area contributed by atoms with Crippen molar-refractivity contribution in [2.24, 2.45) is 0 Å². The minimum absolute atomic E-state index is 0.148. The van der Waals surface area contributed by atoms with Crippen LogP contribution < -0.4 is 10.9 Å². The number of hydrogen-bond donors (Lipinski definition) is 3. The normalized spacial score (nSPS) is 10.7. The van der Waals surface area contributed by atoms with Crippen LogP contribution in [0.2, 0.25) is 0 Å². The molecule has 0 saturated carbocycles. The van der Waals surface area contributed by atoms with Crippen LogP contribution in [0.4, 0.5) is 4.39 Å². The maximum atomic E-state index is 13.9. The van der Waals surface area contributed by atoms with Crippen molar-refractivity contribution in [3.05, 3.63) is 95.8 Å². The monoisotopic (exact) mass is 415 g/mol. The predicted octanol–water partition coefficient (Wildman–Crippen LogP) is 4.30. The second-order valence-electron chi connectivity index (χ2n) is 7.29. The number of fused-ring (bicyclic) bond motifs is 1. The molecule has 5 nitrogen and oxygen atoms in total. The number of nitrogens with one attached hydrogen (secondary N) is 3. The third kappa shape index (κ3) is 4.98. The molecule has 3 N–H and O–H groups in total. The Bertz CT molecular complexity index is 1200. The number of aryl methyl sites for hydroxylation is 1. The molecule has 3 aromatic carbocycles. The van der Waals surface area contributed by atoms with Crippen LogP contribution in [0.25, 0.3) is 22.2 Å². The molecule has 31 heavy (non-hydrogen) atoms. The highest BCUT2D eigenvalue weighted by Gasteiger charge is 2.15. The molecule has 2 amide bonds. The Morgan fingerprint density at radius 2 is 1.52 bits per heavy atom. The van der Waals surface area contributed by atoms with Crippen molar-refractivity contribution in [2.75, 3.05) is 0 Å². The van der Waals surface area contributed by atoms with Gasteiger partial charge in [0.15, 0.2) is 0 Å². The van der Waals surface area contributed by atoms with E-state index in [9.17, 15) is 14.0 Å². The maximum absolute atomic E-state index is 13.9. The molecule has 0 spiro atoms. The van der Waals surface area contributed by atoms with Crippen LogP contribution in [-0.4, -0.2) is 16.8 Å². The van der Waals surface area contributed by atoms with Gasteiger partial charge in [0.25, 0.3) is 0 Å². The second-order valence-corrected chi connectivity index (χ2v) is 7.29. The molecule has 0 unspecified atom stereocenters. The fourth-order valence-electron chi connectivity index (χ4n) is 3.60. The standard InChI is InChI=1S/C25H22FN3O2/c26-19-11-13-22-21(16-19)20(25(27-22)18-9-5-2-6-10-18)12-14-23(30)28-29-24(31)15-17-7-3-1-4-8-17/h1-11,13,16,27H,12,14-15H2,(H,28,30)(H,29,31). The van der Waals surface area contributed by atoms with Gasteiger partial charge >= 0.3 is 0 Å². The lowest BCUT2D eigenvalue weighted by Gasteiger charge is -2.09. The number of halogens is 1. The van der Waals surface area contributed by atoms with Crippen LogP contribution in [0.3, 0.4) is 0 Å². The Labute approximate surface area is 179 Å². The van der Waals surface area contributed by atoms with Gasteiger partial charge in [-0.3, -0.25) is 20.4 Å². The molecular weight excluding hydrogens is 393 g/mol. The molecule has 0 atom stereocenters. The molecular formula is C25H22FN3O2. The molecule has 0 radical (unpaired) electrons. The van der Waals surface area contributed by atoms with Gasteiger partial charge in [0.1, 0.15) is 5.82 Å². The highest BCUT2D eigenvalue weighted by molar-refractivity contribution is 5.91. The van der Waals surface area contributed by atoms with E-state index in [1.54, 1.807) is 6.07 Å². The Balaban J connectivity index is 1.44. The average Bonchev–Trinajstić information content (AvgIpc) is 3.15. The molecule has 6 heteroatoms. The molecule has 1 heterocycles. The van der Waals surface area contributed by atoms with Crippen molar-refractivity contribution in [3.8, 4) is 11.3 Å². The van der Waals surface area contributed by atoms with Gasteiger partial charge in [-0.1, -0.05) is 60.7 Å². The van der Waals surface area contributed by atoms with E-state index in [-0.39, 0.29) is 30.5 Å². The second kappa shape index (κ2) is 9.26. The lowest BCUT2D eigenvalue weighted by Crippen LogP contribution is -2.42. The van der Waals surface area contributed by atoms with E-state index >= 15 is 0 Å². The third-order valence-corrected chi connectivity index (χ3v) is 5.08. The van der Waals surface area contributed by atoms with E-state index in [0.29, 0.717) is 6.42 Å². The van der Waals surface area contributed by atoms with Gasteiger partial charge in [-0.05, 0) is 41.3 Å².